The average Bonchev–Trinajstić information content (AvgIpc) is 2.63. The molecule has 4 nitrogen and oxygen atoms in total. The van der Waals surface area contributed by atoms with Crippen LogP contribution in [0.4, 0.5) is 4.39 Å². The molecule has 0 bridgehead atoms. The molecule has 1 aromatic heterocycles. The number of halogens is 3. The fourth-order valence-electron chi connectivity index (χ4n) is 2.78. The third-order valence-corrected chi connectivity index (χ3v) is 5.02. The standard InChI is InChI=1S/C20H14BrClFNO3/c21-14-7-6-13(17(23)9-14)8-15-16(20(26)27)11-24(19(25)18(15)22)10-12-4-2-1-3-5-12/h1-7,9,11H,8,10H2,(H,26,27). The number of hydrogen-bond acceptors (Lipinski definition) is 2. The van der Waals surface area contributed by atoms with Crippen molar-refractivity contribution in [1.29, 1.82) is 0 Å². The highest BCUT2D eigenvalue weighted by atomic mass is 79.9. The number of benzene rings is 2. The highest BCUT2D eigenvalue weighted by molar-refractivity contribution is 9.10. The number of aromatic nitrogens is 1. The normalized spacial score (nSPS) is 10.8. The highest BCUT2D eigenvalue weighted by Crippen LogP contribution is 2.24. The minimum absolute atomic E-state index is 0.0962. The third kappa shape index (κ3) is 4.28. The molecule has 0 aliphatic carbocycles. The van der Waals surface area contributed by atoms with Crippen LogP contribution >= 0.6 is 27.5 Å². The minimum Gasteiger partial charge on any atom is -0.478 e. The van der Waals surface area contributed by atoms with Crippen LogP contribution in [-0.2, 0) is 13.0 Å². The van der Waals surface area contributed by atoms with Crippen molar-refractivity contribution in [1.82, 2.24) is 4.57 Å². The number of carbonyl (C=O) groups is 1. The summed E-state index contributed by atoms with van der Waals surface area (Å²) in [4.78, 5) is 24.4. The van der Waals surface area contributed by atoms with Crippen LogP contribution in [0, 0.1) is 5.82 Å². The topological polar surface area (TPSA) is 59.3 Å². The molecule has 1 N–H and O–H groups in total. The summed E-state index contributed by atoms with van der Waals surface area (Å²) in [5.41, 5.74) is 0.539. The van der Waals surface area contributed by atoms with Gasteiger partial charge in [0.15, 0.2) is 0 Å². The van der Waals surface area contributed by atoms with E-state index >= 15 is 0 Å². The molecule has 0 radical (unpaired) electrons. The molecular weight excluding hydrogens is 437 g/mol. The SMILES string of the molecule is O=C(O)c1cn(Cc2ccccc2)c(=O)c(Cl)c1Cc1ccc(Br)cc1F. The molecule has 0 saturated carbocycles. The molecule has 0 unspecified atom stereocenters. The molecule has 2 aromatic carbocycles. The summed E-state index contributed by atoms with van der Waals surface area (Å²) >= 11 is 9.39. The highest BCUT2D eigenvalue weighted by Gasteiger charge is 2.20. The molecule has 0 atom stereocenters. The zero-order valence-corrected chi connectivity index (χ0v) is 16.3. The van der Waals surface area contributed by atoms with Gasteiger partial charge in [-0.2, -0.15) is 0 Å². The Kier molecular flexibility index (Phi) is 5.77. The molecule has 1 heterocycles. The molecule has 0 spiro atoms. The van der Waals surface area contributed by atoms with Gasteiger partial charge < -0.3 is 9.67 Å². The number of hydrogen-bond donors (Lipinski definition) is 1. The van der Waals surface area contributed by atoms with Crippen LogP contribution in [-0.4, -0.2) is 15.6 Å². The monoisotopic (exact) mass is 449 g/mol. The Labute approximate surface area is 168 Å². The predicted molar refractivity (Wildman–Crippen MR) is 105 cm³/mol. The van der Waals surface area contributed by atoms with Crippen molar-refractivity contribution in [2.45, 2.75) is 13.0 Å². The van der Waals surface area contributed by atoms with Gasteiger partial charge in [0, 0.05) is 17.1 Å². The van der Waals surface area contributed by atoms with Crippen LogP contribution in [0.3, 0.4) is 0 Å². The van der Waals surface area contributed by atoms with E-state index in [9.17, 15) is 19.1 Å². The number of carboxylic acid groups (broad SMARTS) is 1. The van der Waals surface area contributed by atoms with Gasteiger partial charge in [-0.15, -0.1) is 0 Å². The molecule has 0 saturated heterocycles. The minimum atomic E-state index is -1.23. The summed E-state index contributed by atoms with van der Waals surface area (Å²) in [6.07, 6.45) is 1.16. The first-order valence-electron chi connectivity index (χ1n) is 7.99. The third-order valence-electron chi connectivity index (χ3n) is 4.13. The van der Waals surface area contributed by atoms with E-state index in [1.54, 1.807) is 6.07 Å². The van der Waals surface area contributed by atoms with Crippen molar-refractivity contribution >= 4 is 33.5 Å². The van der Waals surface area contributed by atoms with E-state index in [4.69, 9.17) is 11.6 Å². The Hall–Kier alpha value is -2.44. The average molecular weight is 451 g/mol. The summed E-state index contributed by atoms with van der Waals surface area (Å²) in [6.45, 7) is 0.187. The van der Waals surface area contributed by atoms with Crippen molar-refractivity contribution in [3.63, 3.8) is 0 Å². The first kappa shape index (κ1) is 19.3. The molecule has 0 aliphatic heterocycles. The van der Waals surface area contributed by atoms with Crippen molar-refractivity contribution in [3.05, 3.63) is 103 Å². The van der Waals surface area contributed by atoms with Crippen LogP contribution in [0.5, 0.6) is 0 Å². The Morgan fingerprint density at radius 2 is 1.89 bits per heavy atom. The lowest BCUT2D eigenvalue weighted by atomic mass is 10.0. The maximum absolute atomic E-state index is 14.2. The largest absolute Gasteiger partial charge is 0.478 e. The van der Waals surface area contributed by atoms with Crippen LogP contribution in [0.15, 0.2) is 64.0 Å². The first-order valence-corrected chi connectivity index (χ1v) is 9.17. The van der Waals surface area contributed by atoms with Crippen LogP contribution < -0.4 is 5.56 Å². The van der Waals surface area contributed by atoms with Gasteiger partial charge in [0.2, 0.25) is 0 Å². The van der Waals surface area contributed by atoms with Gasteiger partial charge in [0.1, 0.15) is 10.8 Å². The van der Waals surface area contributed by atoms with Gasteiger partial charge in [-0.05, 0) is 28.8 Å². The van der Waals surface area contributed by atoms with E-state index in [1.807, 2.05) is 30.3 Å². The van der Waals surface area contributed by atoms with Gasteiger partial charge in [-0.3, -0.25) is 4.79 Å². The second-order valence-corrected chi connectivity index (χ2v) is 7.27. The van der Waals surface area contributed by atoms with E-state index in [-0.39, 0.29) is 34.7 Å². The van der Waals surface area contributed by atoms with E-state index in [0.29, 0.717) is 4.47 Å². The summed E-state index contributed by atoms with van der Waals surface area (Å²) in [5.74, 6) is -1.74. The molecule has 27 heavy (non-hydrogen) atoms. The van der Waals surface area contributed by atoms with Crippen molar-refractivity contribution in [2.75, 3.05) is 0 Å². The number of nitrogens with zero attached hydrogens (tertiary/aromatic N) is 1. The van der Waals surface area contributed by atoms with Crippen molar-refractivity contribution < 1.29 is 14.3 Å². The second-order valence-electron chi connectivity index (χ2n) is 5.97. The zero-order chi connectivity index (χ0) is 19.6. The van der Waals surface area contributed by atoms with E-state index < -0.39 is 17.3 Å². The molecule has 3 rings (SSSR count). The molecular formula is C20H14BrClFNO3. The van der Waals surface area contributed by atoms with Gasteiger partial charge in [-0.1, -0.05) is 63.9 Å². The lowest BCUT2D eigenvalue weighted by molar-refractivity contribution is 0.0694. The zero-order valence-electron chi connectivity index (χ0n) is 14.0. The predicted octanol–water partition coefficient (Wildman–Crippen LogP) is 4.74. The van der Waals surface area contributed by atoms with E-state index in [0.717, 1.165) is 5.56 Å². The number of carboxylic acids is 1. The maximum Gasteiger partial charge on any atom is 0.337 e. The fraction of sp³-hybridized carbons (Fsp3) is 0.100. The van der Waals surface area contributed by atoms with Crippen LogP contribution in [0.2, 0.25) is 5.02 Å². The maximum atomic E-state index is 14.2. The van der Waals surface area contributed by atoms with E-state index in [1.165, 1.54) is 22.9 Å². The van der Waals surface area contributed by atoms with Crippen LogP contribution in [0.25, 0.3) is 0 Å². The lowest BCUT2D eigenvalue weighted by Gasteiger charge is -2.14. The quantitative estimate of drug-likeness (QED) is 0.611. The van der Waals surface area contributed by atoms with Crippen molar-refractivity contribution in [2.24, 2.45) is 0 Å². The smallest absolute Gasteiger partial charge is 0.337 e. The first-order chi connectivity index (χ1) is 12.9. The molecule has 7 heteroatoms. The van der Waals surface area contributed by atoms with Crippen LogP contribution in [0.1, 0.15) is 27.0 Å². The Morgan fingerprint density at radius 3 is 2.52 bits per heavy atom. The van der Waals surface area contributed by atoms with Gasteiger partial charge >= 0.3 is 5.97 Å². The second kappa shape index (κ2) is 8.06. The lowest BCUT2D eigenvalue weighted by Crippen LogP contribution is -2.25. The Morgan fingerprint density at radius 1 is 1.19 bits per heavy atom. The molecule has 0 fully saturated rings. The molecule has 138 valence electrons. The molecule has 0 aliphatic rings. The summed E-state index contributed by atoms with van der Waals surface area (Å²) in [7, 11) is 0. The van der Waals surface area contributed by atoms with Gasteiger partial charge in [0.05, 0.1) is 12.1 Å². The molecule has 3 aromatic rings. The Balaban J connectivity index is 2.07. The summed E-state index contributed by atoms with van der Waals surface area (Å²) < 4.78 is 16.0. The molecule has 0 amide bonds. The number of aromatic carboxylic acids is 1. The number of rotatable bonds is 5. The Bertz CT molecular complexity index is 1070. The van der Waals surface area contributed by atoms with Gasteiger partial charge in [0.25, 0.3) is 5.56 Å². The fourth-order valence-corrected chi connectivity index (χ4v) is 3.39. The van der Waals surface area contributed by atoms with E-state index in [2.05, 4.69) is 15.9 Å². The number of pyridine rings is 1. The summed E-state index contributed by atoms with van der Waals surface area (Å²) in [6, 6.07) is 13.6. The van der Waals surface area contributed by atoms with Gasteiger partial charge in [-0.25, -0.2) is 9.18 Å². The van der Waals surface area contributed by atoms with Crippen molar-refractivity contribution in [3.8, 4) is 0 Å². The summed E-state index contributed by atoms with van der Waals surface area (Å²) in [5, 5.41) is 9.37.